The first-order chi connectivity index (χ1) is 9.25. The molecule has 0 unspecified atom stereocenters. The van der Waals surface area contributed by atoms with Gasteiger partial charge in [-0.05, 0) is 17.9 Å². The van der Waals surface area contributed by atoms with Gasteiger partial charge in [-0.2, -0.15) is 0 Å². The van der Waals surface area contributed by atoms with Gasteiger partial charge in [0.05, 0.1) is 6.54 Å². The Kier molecular flexibility index (Phi) is 7.95. The fourth-order valence-corrected chi connectivity index (χ4v) is 2.27. The van der Waals surface area contributed by atoms with Gasteiger partial charge < -0.3 is 10.2 Å². The molecular weight excluding hydrogens is 361 g/mol. The van der Waals surface area contributed by atoms with E-state index in [9.17, 15) is 0 Å². The third-order valence-corrected chi connectivity index (χ3v) is 3.74. The van der Waals surface area contributed by atoms with E-state index in [1.165, 1.54) is 31.2 Å². The van der Waals surface area contributed by atoms with Crippen LogP contribution in [0.3, 0.4) is 0 Å². The molecule has 0 bridgehead atoms. The maximum Gasteiger partial charge on any atom is 0.193 e. The highest BCUT2D eigenvalue weighted by atomic mass is 127. The number of rotatable bonds is 5. The molecule has 1 aliphatic carbocycles. The minimum absolute atomic E-state index is 0. The molecular formula is C16H26IN3. The van der Waals surface area contributed by atoms with Crippen molar-refractivity contribution in [3.8, 4) is 0 Å². The number of nitrogens with one attached hydrogen (secondary N) is 1. The Bertz CT molecular complexity index is 399. The first kappa shape index (κ1) is 17.3. The van der Waals surface area contributed by atoms with Crippen LogP contribution in [0, 0.1) is 5.92 Å². The van der Waals surface area contributed by atoms with E-state index in [2.05, 4.69) is 39.5 Å². The standard InChI is InChI=1S/C16H25N3.HI/c1-19(2)16(17-12-11-14-9-6-10-14)18-13-15-7-4-3-5-8-15;/h3-5,7-8,14H,6,9-13H2,1-2H3,(H,17,18);1H. The third-order valence-electron chi connectivity index (χ3n) is 3.74. The van der Waals surface area contributed by atoms with Gasteiger partial charge in [0.25, 0.3) is 0 Å². The summed E-state index contributed by atoms with van der Waals surface area (Å²) in [7, 11) is 4.08. The van der Waals surface area contributed by atoms with Crippen LogP contribution < -0.4 is 5.32 Å². The monoisotopic (exact) mass is 387 g/mol. The maximum absolute atomic E-state index is 4.67. The summed E-state index contributed by atoms with van der Waals surface area (Å²) >= 11 is 0. The summed E-state index contributed by atoms with van der Waals surface area (Å²) in [6, 6.07) is 10.4. The van der Waals surface area contributed by atoms with Crippen molar-refractivity contribution in [3.63, 3.8) is 0 Å². The summed E-state index contributed by atoms with van der Waals surface area (Å²) in [5, 5.41) is 3.46. The Hall–Kier alpha value is -0.780. The van der Waals surface area contributed by atoms with E-state index >= 15 is 0 Å². The molecule has 1 aromatic rings. The summed E-state index contributed by atoms with van der Waals surface area (Å²) in [6.45, 7) is 1.78. The molecule has 0 amide bonds. The van der Waals surface area contributed by atoms with E-state index in [1.807, 2.05) is 20.2 Å². The van der Waals surface area contributed by atoms with Crippen molar-refractivity contribution < 1.29 is 0 Å². The number of guanidine groups is 1. The molecule has 0 atom stereocenters. The van der Waals surface area contributed by atoms with Crippen molar-refractivity contribution >= 4 is 29.9 Å². The Morgan fingerprint density at radius 2 is 1.95 bits per heavy atom. The Morgan fingerprint density at radius 1 is 1.25 bits per heavy atom. The minimum atomic E-state index is 0. The number of halogens is 1. The predicted octanol–water partition coefficient (Wildman–Crippen LogP) is 3.50. The first-order valence-electron chi connectivity index (χ1n) is 7.25. The second kappa shape index (κ2) is 9.21. The molecule has 1 saturated carbocycles. The maximum atomic E-state index is 4.67. The highest BCUT2D eigenvalue weighted by Crippen LogP contribution is 2.28. The van der Waals surface area contributed by atoms with Crippen LogP contribution in [-0.4, -0.2) is 31.5 Å². The fraction of sp³-hybridized carbons (Fsp3) is 0.562. The second-order valence-corrected chi connectivity index (χ2v) is 5.53. The molecule has 3 nitrogen and oxygen atoms in total. The van der Waals surface area contributed by atoms with Crippen molar-refractivity contribution in [1.82, 2.24) is 10.2 Å². The molecule has 1 fully saturated rings. The lowest BCUT2D eigenvalue weighted by atomic mass is 9.83. The van der Waals surface area contributed by atoms with Crippen molar-refractivity contribution in [2.24, 2.45) is 10.9 Å². The van der Waals surface area contributed by atoms with Crippen LogP contribution in [-0.2, 0) is 6.54 Å². The van der Waals surface area contributed by atoms with Crippen LogP contribution in [0.15, 0.2) is 35.3 Å². The molecule has 0 saturated heterocycles. The zero-order valence-electron chi connectivity index (χ0n) is 12.5. The SMILES string of the molecule is CN(C)C(=NCc1ccccc1)NCCC1CCC1.I. The lowest BCUT2D eigenvalue weighted by Gasteiger charge is -2.26. The summed E-state index contributed by atoms with van der Waals surface area (Å²) in [4.78, 5) is 6.72. The average Bonchev–Trinajstić information content (AvgIpc) is 2.36. The van der Waals surface area contributed by atoms with Gasteiger partial charge in [0.15, 0.2) is 5.96 Å². The molecule has 20 heavy (non-hydrogen) atoms. The van der Waals surface area contributed by atoms with Crippen LogP contribution in [0.4, 0.5) is 0 Å². The van der Waals surface area contributed by atoms with Gasteiger partial charge in [0.1, 0.15) is 0 Å². The van der Waals surface area contributed by atoms with Crippen molar-refractivity contribution in [2.75, 3.05) is 20.6 Å². The van der Waals surface area contributed by atoms with E-state index < -0.39 is 0 Å². The highest BCUT2D eigenvalue weighted by molar-refractivity contribution is 14.0. The van der Waals surface area contributed by atoms with E-state index in [0.717, 1.165) is 25.0 Å². The van der Waals surface area contributed by atoms with Gasteiger partial charge in [-0.3, -0.25) is 0 Å². The lowest BCUT2D eigenvalue weighted by molar-refractivity contribution is 0.296. The second-order valence-electron chi connectivity index (χ2n) is 5.53. The Morgan fingerprint density at radius 3 is 2.50 bits per heavy atom. The Labute approximate surface area is 139 Å². The quantitative estimate of drug-likeness (QED) is 0.476. The van der Waals surface area contributed by atoms with Gasteiger partial charge in [0.2, 0.25) is 0 Å². The number of aliphatic imine (C=N–C) groups is 1. The summed E-state index contributed by atoms with van der Waals surface area (Å²) < 4.78 is 0. The van der Waals surface area contributed by atoms with Crippen LogP contribution >= 0.6 is 24.0 Å². The molecule has 0 aliphatic heterocycles. The molecule has 1 aromatic carbocycles. The minimum Gasteiger partial charge on any atom is -0.356 e. The van der Waals surface area contributed by atoms with Gasteiger partial charge in [-0.15, -0.1) is 24.0 Å². The molecule has 0 spiro atoms. The molecule has 1 N–H and O–H groups in total. The average molecular weight is 387 g/mol. The van der Waals surface area contributed by atoms with E-state index in [1.54, 1.807) is 0 Å². The van der Waals surface area contributed by atoms with Gasteiger partial charge in [0, 0.05) is 20.6 Å². The van der Waals surface area contributed by atoms with E-state index in [-0.39, 0.29) is 24.0 Å². The fourth-order valence-electron chi connectivity index (χ4n) is 2.27. The van der Waals surface area contributed by atoms with Crippen molar-refractivity contribution in [2.45, 2.75) is 32.2 Å². The number of nitrogens with zero attached hydrogens (tertiary/aromatic N) is 2. The summed E-state index contributed by atoms with van der Waals surface area (Å²) in [6.07, 6.45) is 5.53. The smallest absolute Gasteiger partial charge is 0.193 e. The normalized spacial score (nSPS) is 15.2. The van der Waals surface area contributed by atoms with Crippen LogP contribution in [0.5, 0.6) is 0 Å². The highest BCUT2D eigenvalue weighted by Gasteiger charge is 2.16. The summed E-state index contributed by atoms with van der Waals surface area (Å²) in [5.41, 5.74) is 1.25. The van der Waals surface area contributed by atoms with Gasteiger partial charge >= 0.3 is 0 Å². The van der Waals surface area contributed by atoms with E-state index in [4.69, 9.17) is 0 Å². The molecule has 2 rings (SSSR count). The van der Waals surface area contributed by atoms with Gasteiger partial charge in [-0.1, -0.05) is 49.6 Å². The number of hydrogen-bond donors (Lipinski definition) is 1. The van der Waals surface area contributed by atoms with Gasteiger partial charge in [-0.25, -0.2) is 4.99 Å². The molecule has 0 heterocycles. The molecule has 112 valence electrons. The predicted molar refractivity (Wildman–Crippen MR) is 96.6 cm³/mol. The van der Waals surface area contributed by atoms with Crippen molar-refractivity contribution in [1.29, 1.82) is 0 Å². The zero-order chi connectivity index (χ0) is 13.5. The molecule has 1 aliphatic rings. The van der Waals surface area contributed by atoms with Crippen molar-refractivity contribution in [3.05, 3.63) is 35.9 Å². The third kappa shape index (κ3) is 5.69. The number of hydrogen-bond acceptors (Lipinski definition) is 1. The van der Waals surface area contributed by atoms with E-state index in [0.29, 0.717) is 0 Å². The number of benzene rings is 1. The van der Waals surface area contributed by atoms with Crippen LogP contribution in [0.1, 0.15) is 31.2 Å². The van der Waals surface area contributed by atoms with Crippen LogP contribution in [0.25, 0.3) is 0 Å². The largest absolute Gasteiger partial charge is 0.356 e. The molecule has 0 radical (unpaired) electrons. The lowest BCUT2D eigenvalue weighted by Crippen LogP contribution is -2.37. The Balaban J connectivity index is 0.00000200. The first-order valence-corrected chi connectivity index (χ1v) is 7.25. The van der Waals surface area contributed by atoms with Crippen LogP contribution in [0.2, 0.25) is 0 Å². The summed E-state index contributed by atoms with van der Waals surface area (Å²) in [5.74, 6) is 1.94. The molecule has 4 heteroatoms. The molecule has 0 aromatic heterocycles. The zero-order valence-corrected chi connectivity index (χ0v) is 14.8. The topological polar surface area (TPSA) is 27.6 Å².